The molecule has 0 N–H and O–H groups in total. The first-order valence-corrected chi connectivity index (χ1v) is 9.26. The molecule has 0 aliphatic carbocycles. The van der Waals surface area contributed by atoms with Gasteiger partial charge >= 0.3 is 6.09 Å². The predicted octanol–water partition coefficient (Wildman–Crippen LogP) is 1.32. The van der Waals surface area contributed by atoms with Gasteiger partial charge in [0.1, 0.15) is 19.0 Å². The second kappa shape index (κ2) is 6.79. The molecule has 0 radical (unpaired) electrons. The number of para-hydroxylation sites is 1. The second-order valence-electron chi connectivity index (χ2n) is 7.27. The van der Waals surface area contributed by atoms with E-state index in [1.807, 2.05) is 36.1 Å². The maximum atomic E-state index is 12.9. The number of carbonyl (C=O) groups is 2. The van der Waals surface area contributed by atoms with E-state index in [-0.39, 0.29) is 17.5 Å². The highest BCUT2D eigenvalue weighted by atomic mass is 16.6. The zero-order chi connectivity index (χ0) is 18.1. The summed E-state index contributed by atoms with van der Waals surface area (Å²) < 4.78 is 11.0. The smallest absolute Gasteiger partial charge is 0.410 e. The monoisotopic (exact) mass is 359 g/mol. The topological polar surface area (TPSA) is 62.3 Å². The van der Waals surface area contributed by atoms with Crippen LogP contribution in [0.2, 0.25) is 0 Å². The molecule has 7 heteroatoms. The number of carbonyl (C=O) groups excluding carboxylic acids is 2. The Bertz CT molecular complexity index is 710. The summed E-state index contributed by atoms with van der Waals surface area (Å²) in [6.07, 6.45) is 0.535. The molecule has 0 aromatic heterocycles. The SMILES string of the molecule is CCC12COC(=O)N1CCN(C(=O)CN1CCOc3ccccc3C1)C2. The summed E-state index contributed by atoms with van der Waals surface area (Å²) in [6.45, 7) is 6.47. The number of rotatable bonds is 3. The van der Waals surface area contributed by atoms with Crippen molar-refractivity contribution < 1.29 is 19.1 Å². The van der Waals surface area contributed by atoms with Crippen molar-refractivity contribution in [3.8, 4) is 5.75 Å². The fraction of sp³-hybridized carbons (Fsp3) is 0.579. The molecule has 3 aliphatic heterocycles. The molecule has 3 heterocycles. The lowest BCUT2D eigenvalue weighted by Crippen LogP contribution is -2.63. The Kier molecular flexibility index (Phi) is 4.48. The number of hydrogen-bond acceptors (Lipinski definition) is 5. The lowest BCUT2D eigenvalue weighted by molar-refractivity contribution is -0.136. The standard InChI is InChI=1S/C19H25N3O4/c1-2-19-13-21(7-8-22(19)18(24)26-14-19)17(23)12-20-9-10-25-16-6-4-3-5-15(16)11-20/h3-6H,2,7-14H2,1H3. The van der Waals surface area contributed by atoms with Gasteiger partial charge in [0.05, 0.1) is 12.1 Å². The highest BCUT2D eigenvalue weighted by Crippen LogP contribution is 2.32. The Labute approximate surface area is 153 Å². The van der Waals surface area contributed by atoms with E-state index in [1.165, 1.54) is 0 Å². The molecule has 4 rings (SSSR count). The maximum Gasteiger partial charge on any atom is 0.410 e. The number of cyclic esters (lactones) is 1. The minimum atomic E-state index is -0.362. The molecule has 0 spiro atoms. The van der Waals surface area contributed by atoms with Crippen LogP contribution in [0.1, 0.15) is 18.9 Å². The Balaban J connectivity index is 1.42. The van der Waals surface area contributed by atoms with Gasteiger partial charge in [-0.25, -0.2) is 4.79 Å². The van der Waals surface area contributed by atoms with Crippen molar-refractivity contribution in [3.05, 3.63) is 29.8 Å². The third-order valence-corrected chi connectivity index (χ3v) is 5.74. The number of nitrogens with zero attached hydrogens (tertiary/aromatic N) is 3. The first kappa shape index (κ1) is 17.1. The van der Waals surface area contributed by atoms with Crippen LogP contribution in [0.25, 0.3) is 0 Å². The van der Waals surface area contributed by atoms with Crippen molar-refractivity contribution in [2.24, 2.45) is 0 Å². The highest BCUT2D eigenvalue weighted by molar-refractivity contribution is 5.79. The van der Waals surface area contributed by atoms with E-state index in [0.29, 0.717) is 45.9 Å². The Morgan fingerprint density at radius 3 is 2.88 bits per heavy atom. The summed E-state index contributed by atoms with van der Waals surface area (Å²) >= 11 is 0. The van der Waals surface area contributed by atoms with E-state index in [9.17, 15) is 9.59 Å². The number of fused-ring (bicyclic) bond motifs is 2. The molecular weight excluding hydrogens is 334 g/mol. The summed E-state index contributed by atoms with van der Waals surface area (Å²) in [4.78, 5) is 30.6. The molecule has 0 bridgehead atoms. The van der Waals surface area contributed by atoms with E-state index in [4.69, 9.17) is 9.47 Å². The molecule has 140 valence electrons. The van der Waals surface area contributed by atoms with Gasteiger partial charge in [-0.05, 0) is 12.5 Å². The van der Waals surface area contributed by atoms with Crippen LogP contribution in [0.15, 0.2) is 24.3 Å². The first-order valence-electron chi connectivity index (χ1n) is 9.26. The molecule has 26 heavy (non-hydrogen) atoms. The van der Waals surface area contributed by atoms with Gasteiger partial charge in [0.15, 0.2) is 0 Å². The molecule has 2 fully saturated rings. The number of benzene rings is 1. The highest BCUT2D eigenvalue weighted by Gasteiger charge is 2.50. The molecule has 7 nitrogen and oxygen atoms in total. The summed E-state index contributed by atoms with van der Waals surface area (Å²) in [5, 5.41) is 0. The third kappa shape index (κ3) is 3.00. The van der Waals surface area contributed by atoms with Gasteiger partial charge in [0, 0.05) is 38.3 Å². The van der Waals surface area contributed by atoms with Gasteiger partial charge in [-0.3, -0.25) is 14.6 Å². The van der Waals surface area contributed by atoms with E-state index in [2.05, 4.69) is 4.90 Å². The third-order valence-electron chi connectivity index (χ3n) is 5.74. The van der Waals surface area contributed by atoms with Crippen molar-refractivity contribution in [2.45, 2.75) is 25.4 Å². The van der Waals surface area contributed by atoms with Crippen molar-refractivity contribution in [1.82, 2.24) is 14.7 Å². The number of hydrogen-bond donors (Lipinski definition) is 0. The molecule has 2 amide bonds. The van der Waals surface area contributed by atoms with Crippen LogP contribution < -0.4 is 4.74 Å². The largest absolute Gasteiger partial charge is 0.492 e. The molecule has 2 saturated heterocycles. The maximum absolute atomic E-state index is 12.9. The second-order valence-corrected chi connectivity index (χ2v) is 7.27. The number of piperazine rings is 1. The van der Waals surface area contributed by atoms with E-state index < -0.39 is 0 Å². The van der Waals surface area contributed by atoms with Crippen LogP contribution in [0, 0.1) is 0 Å². The molecule has 1 atom stereocenters. The summed E-state index contributed by atoms with van der Waals surface area (Å²) in [7, 11) is 0. The first-order chi connectivity index (χ1) is 12.6. The van der Waals surface area contributed by atoms with Crippen LogP contribution in [0.5, 0.6) is 5.75 Å². The summed E-state index contributed by atoms with van der Waals surface area (Å²) in [5.74, 6) is 1.01. The van der Waals surface area contributed by atoms with Gasteiger partial charge in [-0.15, -0.1) is 0 Å². The van der Waals surface area contributed by atoms with Crippen LogP contribution in [0.4, 0.5) is 4.79 Å². The average molecular weight is 359 g/mol. The Morgan fingerprint density at radius 2 is 2.04 bits per heavy atom. The summed E-state index contributed by atoms with van der Waals surface area (Å²) in [6, 6.07) is 7.98. The molecule has 0 saturated carbocycles. The molecule has 1 unspecified atom stereocenters. The fourth-order valence-corrected chi connectivity index (χ4v) is 4.08. The molecule has 3 aliphatic rings. The zero-order valence-electron chi connectivity index (χ0n) is 15.1. The van der Waals surface area contributed by atoms with Crippen LogP contribution in [0.3, 0.4) is 0 Å². The van der Waals surface area contributed by atoms with Crippen molar-refractivity contribution in [2.75, 3.05) is 45.9 Å². The number of ether oxygens (including phenoxy) is 2. The van der Waals surface area contributed by atoms with E-state index in [1.54, 1.807) is 4.90 Å². The molecular formula is C19H25N3O4. The Morgan fingerprint density at radius 1 is 1.19 bits per heavy atom. The molecule has 1 aromatic carbocycles. The zero-order valence-corrected chi connectivity index (χ0v) is 15.1. The lowest BCUT2D eigenvalue weighted by atomic mass is 9.93. The minimum absolute atomic E-state index is 0.108. The van der Waals surface area contributed by atoms with Crippen molar-refractivity contribution in [1.29, 1.82) is 0 Å². The van der Waals surface area contributed by atoms with Crippen molar-refractivity contribution in [3.63, 3.8) is 0 Å². The van der Waals surface area contributed by atoms with Crippen LogP contribution in [-0.2, 0) is 16.1 Å². The number of amides is 2. The normalized spacial score (nSPS) is 25.8. The molecule has 1 aromatic rings. The quantitative estimate of drug-likeness (QED) is 0.815. The Hall–Kier alpha value is -2.28. The van der Waals surface area contributed by atoms with Gasteiger partial charge < -0.3 is 14.4 Å². The summed E-state index contributed by atoms with van der Waals surface area (Å²) in [5.41, 5.74) is 0.752. The van der Waals surface area contributed by atoms with Crippen LogP contribution in [-0.4, -0.2) is 78.2 Å². The van der Waals surface area contributed by atoms with Crippen LogP contribution >= 0.6 is 0 Å². The van der Waals surface area contributed by atoms with Gasteiger partial charge in [-0.1, -0.05) is 25.1 Å². The van der Waals surface area contributed by atoms with E-state index in [0.717, 1.165) is 24.3 Å². The van der Waals surface area contributed by atoms with Gasteiger partial charge in [0.2, 0.25) is 5.91 Å². The minimum Gasteiger partial charge on any atom is -0.492 e. The van der Waals surface area contributed by atoms with Gasteiger partial charge in [-0.2, -0.15) is 0 Å². The average Bonchev–Trinajstić information content (AvgIpc) is 2.85. The van der Waals surface area contributed by atoms with Gasteiger partial charge in [0.25, 0.3) is 0 Å². The predicted molar refractivity (Wildman–Crippen MR) is 94.9 cm³/mol. The lowest BCUT2D eigenvalue weighted by Gasteiger charge is -2.44. The van der Waals surface area contributed by atoms with E-state index >= 15 is 0 Å². The fourth-order valence-electron chi connectivity index (χ4n) is 4.08. The van der Waals surface area contributed by atoms with Crippen molar-refractivity contribution >= 4 is 12.0 Å².